The molecule has 14 heavy (non-hydrogen) atoms. The van der Waals surface area contributed by atoms with Crippen LogP contribution >= 0.6 is 0 Å². The molecule has 0 atom stereocenters. The van der Waals surface area contributed by atoms with Gasteiger partial charge in [-0.3, -0.25) is 0 Å². The van der Waals surface area contributed by atoms with E-state index in [-0.39, 0.29) is 18.1 Å². The number of hydrogen-bond donors (Lipinski definition) is 1. The zero-order valence-electron chi connectivity index (χ0n) is 8.75. The van der Waals surface area contributed by atoms with E-state index in [0.717, 1.165) is 25.7 Å². The van der Waals surface area contributed by atoms with Crippen LogP contribution in [0.5, 0.6) is 0 Å². The summed E-state index contributed by atoms with van der Waals surface area (Å²) >= 11 is 0. The van der Waals surface area contributed by atoms with E-state index in [9.17, 15) is 4.79 Å². The quantitative estimate of drug-likeness (QED) is 0.685. The minimum Gasteiger partial charge on any atom is -0.467 e. The van der Waals surface area contributed by atoms with Gasteiger partial charge in [-0.25, -0.2) is 4.79 Å². The highest BCUT2D eigenvalue weighted by Gasteiger charge is 2.27. The van der Waals surface area contributed by atoms with Gasteiger partial charge in [-0.2, -0.15) is 0 Å². The maximum atomic E-state index is 10.8. The van der Waals surface area contributed by atoms with E-state index in [2.05, 4.69) is 4.74 Å². The van der Waals surface area contributed by atoms with E-state index in [0.29, 0.717) is 6.61 Å². The number of carbonyl (C=O) groups is 1. The van der Waals surface area contributed by atoms with E-state index in [1.54, 1.807) is 0 Å². The van der Waals surface area contributed by atoms with Gasteiger partial charge in [0.05, 0.1) is 13.7 Å². The highest BCUT2D eigenvalue weighted by molar-refractivity contribution is 5.70. The summed E-state index contributed by atoms with van der Waals surface area (Å²) in [6.07, 6.45) is 5.58. The summed E-state index contributed by atoms with van der Waals surface area (Å²) in [7, 11) is 1.35. The molecule has 1 aliphatic rings. The Labute approximate surface area is 84.7 Å². The van der Waals surface area contributed by atoms with E-state index in [4.69, 9.17) is 10.5 Å². The summed E-state index contributed by atoms with van der Waals surface area (Å²) in [6.45, 7) is 0.470. The van der Waals surface area contributed by atoms with Crippen LogP contribution in [0.15, 0.2) is 0 Å². The van der Waals surface area contributed by atoms with Crippen LogP contribution in [0.25, 0.3) is 0 Å². The summed E-state index contributed by atoms with van der Waals surface area (Å²) < 4.78 is 9.70. The number of hydrogen-bond acceptors (Lipinski definition) is 4. The number of esters is 1. The molecule has 0 radical (unpaired) electrons. The molecule has 0 spiro atoms. The maximum Gasteiger partial charge on any atom is 0.331 e. The van der Waals surface area contributed by atoms with Crippen LogP contribution in [-0.4, -0.2) is 31.8 Å². The van der Waals surface area contributed by atoms with E-state index in [1.165, 1.54) is 13.5 Å². The van der Waals surface area contributed by atoms with E-state index >= 15 is 0 Å². The van der Waals surface area contributed by atoms with Gasteiger partial charge in [0.25, 0.3) is 0 Å². The first-order chi connectivity index (χ1) is 6.66. The highest BCUT2D eigenvalue weighted by atomic mass is 16.6. The van der Waals surface area contributed by atoms with Gasteiger partial charge >= 0.3 is 5.97 Å². The van der Waals surface area contributed by atoms with Crippen molar-refractivity contribution < 1.29 is 14.3 Å². The molecule has 0 heterocycles. The standard InChI is InChI=1S/C10H19NO3/c1-13-9(12)7-14-8-10(11)5-3-2-4-6-10/h2-8,11H2,1H3. The molecule has 0 saturated heterocycles. The normalized spacial score (nSPS) is 20.4. The van der Waals surface area contributed by atoms with Crippen molar-refractivity contribution in [3.05, 3.63) is 0 Å². The molecule has 1 rings (SSSR count). The summed E-state index contributed by atoms with van der Waals surface area (Å²) in [5, 5.41) is 0. The average Bonchev–Trinajstić information content (AvgIpc) is 2.18. The third-order valence-corrected chi connectivity index (χ3v) is 2.69. The molecular weight excluding hydrogens is 182 g/mol. The monoisotopic (exact) mass is 201 g/mol. The summed E-state index contributed by atoms with van der Waals surface area (Å²) in [4.78, 5) is 10.8. The molecule has 0 aromatic heterocycles. The lowest BCUT2D eigenvalue weighted by molar-refractivity contribution is -0.146. The third-order valence-electron chi connectivity index (χ3n) is 2.69. The third kappa shape index (κ3) is 3.64. The topological polar surface area (TPSA) is 61.5 Å². The molecule has 2 N–H and O–H groups in total. The van der Waals surface area contributed by atoms with Gasteiger partial charge in [0, 0.05) is 5.54 Å². The second kappa shape index (κ2) is 5.32. The fourth-order valence-corrected chi connectivity index (χ4v) is 1.80. The molecule has 0 aromatic carbocycles. The molecule has 0 aromatic rings. The van der Waals surface area contributed by atoms with Crippen molar-refractivity contribution in [3.8, 4) is 0 Å². The summed E-state index contributed by atoms with van der Waals surface area (Å²) in [5.74, 6) is -0.343. The van der Waals surface area contributed by atoms with Crippen molar-refractivity contribution in [1.82, 2.24) is 0 Å². The van der Waals surface area contributed by atoms with Crippen LogP contribution in [-0.2, 0) is 14.3 Å². The van der Waals surface area contributed by atoms with Crippen molar-refractivity contribution in [1.29, 1.82) is 0 Å². The van der Waals surface area contributed by atoms with Crippen molar-refractivity contribution >= 4 is 5.97 Å². The van der Waals surface area contributed by atoms with Crippen LogP contribution < -0.4 is 5.73 Å². The minimum absolute atomic E-state index is 0.00937. The van der Waals surface area contributed by atoms with Crippen LogP contribution in [0.3, 0.4) is 0 Å². The lowest BCUT2D eigenvalue weighted by Gasteiger charge is -2.32. The zero-order valence-corrected chi connectivity index (χ0v) is 8.75. The number of rotatable bonds is 4. The Bertz CT molecular complexity index is 188. The van der Waals surface area contributed by atoms with Crippen LogP contribution in [0.4, 0.5) is 0 Å². The second-order valence-corrected chi connectivity index (χ2v) is 3.99. The molecule has 4 heteroatoms. The fraction of sp³-hybridized carbons (Fsp3) is 0.900. The molecule has 0 bridgehead atoms. The molecule has 82 valence electrons. The molecular formula is C10H19NO3. The summed E-state index contributed by atoms with van der Waals surface area (Å²) in [5.41, 5.74) is 5.89. The van der Waals surface area contributed by atoms with Crippen molar-refractivity contribution in [2.75, 3.05) is 20.3 Å². The first kappa shape index (κ1) is 11.5. The molecule has 0 unspecified atom stereocenters. The lowest BCUT2D eigenvalue weighted by atomic mass is 9.83. The number of carbonyl (C=O) groups excluding carboxylic acids is 1. The second-order valence-electron chi connectivity index (χ2n) is 3.99. The van der Waals surface area contributed by atoms with E-state index < -0.39 is 0 Å². The first-order valence-electron chi connectivity index (χ1n) is 5.10. The van der Waals surface area contributed by atoms with Crippen molar-refractivity contribution in [3.63, 3.8) is 0 Å². The Morgan fingerprint density at radius 1 is 1.36 bits per heavy atom. The van der Waals surface area contributed by atoms with Gasteiger partial charge in [0.2, 0.25) is 0 Å². The average molecular weight is 201 g/mol. The van der Waals surface area contributed by atoms with Crippen LogP contribution in [0.2, 0.25) is 0 Å². The Hall–Kier alpha value is -0.610. The van der Waals surface area contributed by atoms with Crippen LogP contribution in [0, 0.1) is 0 Å². The Kier molecular flexibility index (Phi) is 4.35. The molecule has 1 fully saturated rings. The number of ether oxygens (including phenoxy) is 2. The Balaban J connectivity index is 2.18. The van der Waals surface area contributed by atoms with Gasteiger partial charge < -0.3 is 15.2 Å². The number of methoxy groups -OCH3 is 1. The number of nitrogens with two attached hydrogens (primary N) is 1. The highest BCUT2D eigenvalue weighted by Crippen LogP contribution is 2.25. The Morgan fingerprint density at radius 3 is 2.57 bits per heavy atom. The van der Waals surface area contributed by atoms with Gasteiger partial charge in [-0.05, 0) is 12.8 Å². The first-order valence-corrected chi connectivity index (χ1v) is 5.10. The van der Waals surface area contributed by atoms with Crippen molar-refractivity contribution in [2.45, 2.75) is 37.6 Å². The molecule has 4 nitrogen and oxygen atoms in total. The molecule has 1 saturated carbocycles. The molecule has 1 aliphatic carbocycles. The van der Waals surface area contributed by atoms with Gasteiger partial charge in [0.1, 0.15) is 6.61 Å². The Morgan fingerprint density at radius 2 is 2.00 bits per heavy atom. The maximum absolute atomic E-state index is 10.8. The molecule has 0 aliphatic heterocycles. The smallest absolute Gasteiger partial charge is 0.331 e. The van der Waals surface area contributed by atoms with E-state index in [1.807, 2.05) is 0 Å². The van der Waals surface area contributed by atoms with Gasteiger partial charge in [0.15, 0.2) is 0 Å². The largest absolute Gasteiger partial charge is 0.467 e. The molecule has 0 amide bonds. The predicted octanol–water partition coefficient (Wildman–Crippen LogP) is 0.838. The minimum atomic E-state index is -0.343. The SMILES string of the molecule is COC(=O)COCC1(N)CCCCC1. The predicted molar refractivity (Wildman–Crippen MR) is 52.8 cm³/mol. The van der Waals surface area contributed by atoms with Gasteiger partial charge in [-0.1, -0.05) is 19.3 Å². The van der Waals surface area contributed by atoms with Gasteiger partial charge in [-0.15, -0.1) is 0 Å². The van der Waals surface area contributed by atoms with Crippen LogP contribution in [0.1, 0.15) is 32.1 Å². The summed E-state index contributed by atoms with van der Waals surface area (Å²) in [6, 6.07) is 0. The van der Waals surface area contributed by atoms with Crippen molar-refractivity contribution in [2.24, 2.45) is 5.73 Å². The zero-order chi connectivity index (χ0) is 10.4. The fourth-order valence-electron chi connectivity index (χ4n) is 1.80. The lowest BCUT2D eigenvalue weighted by Crippen LogP contribution is -2.46.